The number of hydrogen-bond acceptors (Lipinski definition) is 1. The number of hydrogen-bond donors (Lipinski definition) is 1. The molecular weight excluding hydrogens is 256 g/mol. The van der Waals surface area contributed by atoms with E-state index in [1.54, 1.807) is 12.1 Å². The van der Waals surface area contributed by atoms with Gasteiger partial charge in [-0.2, -0.15) is 0 Å². The van der Waals surface area contributed by atoms with Crippen LogP contribution in [0.4, 0.5) is 8.78 Å². The van der Waals surface area contributed by atoms with E-state index in [0.717, 1.165) is 25.8 Å². The summed E-state index contributed by atoms with van der Waals surface area (Å²) >= 11 is 0. The van der Waals surface area contributed by atoms with Crippen molar-refractivity contribution in [2.24, 2.45) is 0 Å². The van der Waals surface area contributed by atoms with E-state index in [0.29, 0.717) is 12.0 Å². The zero-order chi connectivity index (χ0) is 14.8. The molecule has 1 unspecified atom stereocenters. The monoisotopic (exact) mass is 283 g/mol. The lowest BCUT2D eigenvalue weighted by atomic mass is 9.99. The van der Waals surface area contributed by atoms with Crippen molar-refractivity contribution < 1.29 is 8.78 Å². The summed E-state index contributed by atoms with van der Waals surface area (Å²) in [6, 6.07) is 4.68. The molecule has 114 valence electrons. The van der Waals surface area contributed by atoms with Gasteiger partial charge in [-0.3, -0.25) is 0 Å². The van der Waals surface area contributed by atoms with Gasteiger partial charge in [0.2, 0.25) is 0 Å². The van der Waals surface area contributed by atoms with E-state index in [4.69, 9.17) is 0 Å². The summed E-state index contributed by atoms with van der Waals surface area (Å²) in [5.41, 5.74) is 0.481. The summed E-state index contributed by atoms with van der Waals surface area (Å²) in [6.07, 6.45) is 7.46. The van der Waals surface area contributed by atoms with Gasteiger partial charge in [0.05, 0.1) is 0 Å². The minimum atomic E-state index is -0.747. The Morgan fingerprint density at radius 2 is 1.85 bits per heavy atom. The lowest BCUT2D eigenvalue weighted by Gasteiger charge is -2.19. The van der Waals surface area contributed by atoms with Crippen molar-refractivity contribution in [1.82, 2.24) is 5.32 Å². The molecule has 0 aromatic heterocycles. The first-order valence-electron chi connectivity index (χ1n) is 7.85. The van der Waals surface area contributed by atoms with Gasteiger partial charge in [0.25, 0.3) is 0 Å². The Labute approximate surface area is 121 Å². The lowest BCUT2D eigenvalue weighted by Crippen LogP contribution is -2.32. The highest BCUT2D eigenvalue weighted by molar-refractivity contribution is 5.20. The molecule has 20 heavy (non-hydrogen) atoms. The minimum absolute atomic E-state index is 0.239. The van der Waals surface area contributed by atoms with E-state index in [1.165, 1.54) is 25.3 Å². The maximum absolute atomic E-state index is 13.7. The Morgan fingerprint density at radius 1 is 1.05 bits per heavy atom. The van der Waals surface area contributed by atoms with Crippen LogP contribution in [0.5, 0.6) is 0 Å². The second kappa shape index (κ2) is 9.87. The summed E-state index contributed by atoms with van der Waals surface area (Å²) in [6.45, 7) is 5.23. The number of halogens is 2. The quantitative estimate of drug-likeness (QED) is 0.605. The van der Waals surface area contributed by atoms with Crippen LogP contribution < -0.4 is 5.32 Å². The Hall–Kier alpha value is -0.960. The van der Waals surface area contributed by atoms with Crippen molar-refractivity contribution in [3.63, 3.8) is 0 Å². The molecule has 0 fully saturated rings. The summed E-state index contributed by atoms with van der Waals surface area (Å²) in [5.74, 6) is -1.44. The van der Waals surface area contributed by atoms with Crippen molar-refractivity contribution in [2.75, 3.05) is 6.54 Å². The number of nitrogens with one attached hydrogen (secondary N) is 1. The second-order valence-corrected chi connectivity index (χ2v) is 5.42. The van der Waals surface area contributed by atoms with Gasteiger partial charge in [0.15, 0.2) is 11.6 Å². The van der Waals surface area contributed by atoms with Gasteiger partial charge in [-0.05, 0) is 37.4 Å². The van der Waals surface area contributed by atoms with Crippen LogP contribution in [-0.4, -0.2) is 12.6 Å². The van der Waals surface area contributed by atoms with Crippen LogP contribution >= 0.6 is 0 Å². The summed E-state index contributed by atoms with van der Waals surface area (Å²) in [7, 11) is 0. The Morgan fingerprint density at radius 3 is 2.55 bits per heavy atom. The molecule has 0 aliphatic heterocycles. The minimum Gasteiger partial charge on any atom is -0.314 e. The van der Waals surface area contributed by atoms with Crippen LogP contribution in [0.25, 0.3) is 0 Å². The predicted molar refractivity (Wildman–Crippen MR) is 80.9 cm³/mol. The maximum atomic E-state index is 13.7. The maximum Gasteiger partial charge on any atom is 0.162 e. The van der Waals surface area contributed by atoms with E-state index in [1.807, 2.05) is 0 Å². The molecule has 0 heterocycles. The van der Waals surface area contributed by atoms with Gasteiger partial charge in [0.1, 0.15) is 0 Å². The average molecular weight is 283 g/mol. The third kappa shape index (κ3) is 6.00. The molecule has 1 rings (SSSR count). The Balaban J connectivity index is 2.56. The SMILES string of the molecule is CCCCCCC(Cc1cccc(F)c1F)NCCC. The van der Waals surface area contributed by atoms with Gasteiger partial charge in [0, 0.05) is 6.04 Å². The molecule has 0 spiro atoms. The largest absolute Gasteiger partial charge is 0.314 e. The van der Waals surface area contributed by atoms with Crippen molar-refractivity contribution in [3.8, 4) is 0 Å². The molecule has 0 aliphatic carbocycles. The van der Waals surface area contributed by atoms with Crippen molar-refractivity contribution >= 4 is 0 Å². The van der Waals surface area contributed by atoms with Gasteiger partial charge in [-0.15, -0.1) is 0 Å². The Kier molecular flexibility index (Phi) is 8.43. The average Bonchev–Trinajstić information content (AvgIpc) is 2.45. The molecule has 0 saturated heterocycles. The molecule has 0 amide bonds. The van der Waals surface area contributed by atoms with Crippen molar-refractivity contribution in [3.05, 3.63) is 35.4 Å². The molecule has 1 aromatic carbocycles. The molecule has 0 saturated carbocycles. The first kappa shape index (κ1) is 17.1. The van der Waals surface area contributed by atoms with E-state index in [9.17, 15) is 8.78 Å². The smallest absolute Gasteiger partial charge is 0.162 e. The highest BCUT2D eigenvalue weighted by Crippen LogP contribution is 2.16. The summed E-state index contributed by atoms with van der Waals surface area (Å²) in [4.78, 5) is 0. The van der Waals surface area contributed by atoms with Crippen molar-refractivity contribution in [2.45, 2.75) is 64.8 Å². The first-order chi connectivity index (χ1) is 9.69. The van der Waals surface area contributed by atoms with Gasteiger partial charge < -0.3 is 5.32 Å². The molecule has 0 bridgehead atoms. The molecule has 1 N–H and O–H groups in total. The van der Waals surface area contributed by atoms with Gasteiger partial charge >= 0.3 is 0 Å². The fourth-order valence-corrected chi connectivity index (χ4v) is 2.41. The van der Waals surface area contributed by atoms with E-state index < -0.39 is 11.6 Å². The molecule has 1 atom stereocenters. The molecule has 1 aromatic rings. The van der Waals surface area contributed by atoms with Crippen LogP contribution in [0.15, 0.2) is 18.2 Å². The van der Waals surface area contributed by atoms with E-state index >= 15 is 0 Å². The van der Waals surface area contributed by atoms with Gasteiger partial charge in [-0.1, -0.05) is 51.7 Å². The van der Waals surface area contributed by atoms with Crippen LogP contribution in [0, 0.1) is 11.6 Å². The van der Waals surface area contributed by atoms with Crippen LogP contribution in [-0.2, 0) is 6.42 Å². The molecule has 3 heteroatoms. The Bertz CT molecular complexity index is 379. The van der Waals surface area contributed by atoms with Crippen LogP contribution in [0.1, 0.15) is 57.9 Å². The van der Waals surface area contributed by atoms with Crippen molar-refractivity contribution in [1.29, 1.82) is 0 Å². The third-order valence-electron chi connectivity index (χ3n) is 3.59. The summed E-state index contributed by atoms with van der Waals surface area (Å²) in [5, 5.41) is 3.45. The number of rotatable bonds is 10. The highest BCUT2D eigenvalue weighted by atomic mass is 19.2. The number of benzene rings is 1. The highest BCUT2D eigenvalue weighted by Gasteiger charge is 2.13. The third-order valence-corrected chi connectivity index (χ3v) is 3.59. The second-order valence-electron chi connectivity index (χ2n) is 5.42. The van der Waals surface area contributed by atoms with E-state index in [2.05, 4.69) is 19.2 Å². The summed E-state index contributed by atoms with van der Waals surface area (Å²) < 4.78 is 27.0. The normalized spacial score (nSPS) is 12.6. The van der Waals surface area contributed by atoms with Crippen LogP contribution in [0.3, 0.4) is 0 Å². The predicted octanol–water partition coefficient (Wildman–Crippen LogP) is 4.85. The van der Waals surface area contributed by atoms with E-state index in [-0.39, 0.29) is 6.04 Å². The molecule has 0 aliphatic rings. The number of unbranched alkanes of at least 4 members (excludes halogenated alkanes) is 3. The zero-order valence-corrected chi connectivity index (χ0v) is 12.7. The van der Waals surface area contributed by atoms with Gasteiger partial charge in [-0.25, -0.2) is 8.78 Å². The molecule has 0 radical (unpaired) electrons. The lowest BCUT2D eigenvalue weighted by molar-refractivity contribution is 0.437. The molecule has 1 nitrogen and oxygen atoms in total. The van der Waals surface area contributed by atoms with Crippen LogP contribution in [0.2, 0.25) is 0 Å². The first-order valence-corrected chi connectivity index (χ1v) is 7.85. The molecular formula is C17H27F2N. The standard InChI is InChI=1S/C17H27F2N/c1-3-5-6-7-10-15(20-12-4-2)13-14-9-8-11-16(18)17(14)19/h8-9,11,15,20H,3-7,10,12-13H2,1-2H3. The topological polar surface area (TPSA) is 12.0 Å². The fourth-order valence-electron chi connectivity index (χ4n) is 2.41. The zero-order valence-electron chi connectivity index (χ0n) is 12.7. The fraction of sp³-hybridized carbons (Fsp3) is 0.647.